The molecule has 0 bridgehead atoms. The highest BCUT2D eigenvalue weighted by atomic mass is 16.5. The van der Waals surface area contributed by atoms with Crippen LogP contribution in [0.4, 0.5) is 0 Å². The molecule has 0 unspecified atom stereocenters. The van der Waals surface area contributed by atoms with E-state index in [9.17, 15) is 4.79 Å². The molecule has 0 aliphatic carbocycles. The number of carbonyl (C=O) groups is 1. The summed E-state index contributed by atoms with van der Waals surface area (Å²) in [5.41, 5.74) is 4.46. The number of hydrogen-bond donors (Lipinski definition) is 1. The van der Waals surface area contributed by atoms with E-state index in [0.29, 0.717) is 42.6 Å². The Morgan fingerprint density at radius 2 is 1.76 bits per heavy atom. The molecule has 1 fully saturated rings. The summed E-state index contributed by atoms with van der Waals surface area (Å²) in [6.45, 7) is 3.57. The van der Waals surface area contributed by atoms with Gasteiger partial charge in [0.25, 0.3) is 5.91 Å². The zero-order chi connectivity index (χ0) is 23.4. The minimum atomic E-state index is -0.200. The Labute approximate surface area is 198 Å². The highest BCUT2D eigenvalue weighted by Crippen LogP contribution is 2.36. The van der Waals surface area contributed by atoms with E-state index >= 15 is 0 Å². The lowest BCUT2D eigenvalue weighted by molar-refractivity contribution is 0.0487. The molecule has 5 rings (SSSR count). The third-order valence-electron chi connectivity index (χ3n) is 6.41. The van der Waals surface area contributed by atoms with Crippen molar-refractivity contribution in [3.05, 3.63) is 90.1 Å². The predicted octanol–water partition coefficient (Wildman–Crippen LogP) is 4.59. The van der Waals surface area contributed by atoms with Gasteiger partial charge in [-0.2, -0.15) is 4.98 Å². The quantitative estimate of drug-likeness (QED) is 0.458. The summed E-state index contributed by atoms with van der Waals surface area (Å²) in [7, 11) is 0. The molecule has 1 aliphatic heterocycles. The van der Waals surface area contributed by atoms with E-state index in [1.807, 2.05) is 18.2 Å². The number of aryl methyl sites for hydroxylation is 1. The van der Waals surface area contributed by atoms with Crippen molar-refractivity contribution in [2.45, 2.75) is 25.2 Å². The minimum absolute atomic E-state index is 0.181. The first-order valence-corrected chi connectivity index (χ1v) is 11.4. The number of nitrogens with zero attached hydrogens (tertiary/aromatic N) is 3. The van der Waals surface area contributed by atoms with E-state index in [0.717, 1.165) is 12.8 Å². The molecule has 1 N–H and O–H groups in total. The predicted molar refractivity (Wildman–Crippen MR) is 128 cm³/mol. The molecule has 3 heterocycles. The maximum Gasteiger partial charge on any atom is 0.252 e. The summed E-state index contributed by atoms with van der Waals surface area (Å²) in [6, 6.07) is 20.7. The number of amides is 1. The second-order valence-corrected chi connectivity index (χ2v) is 8.62. The summed E-state index contributed by atoms with van der Waals surface area (Å²) in [6.07, 6.45) is 4.85. The van der Waals surface area contributed by atoms with Crippen LogP contribution in [0.25, 0.3) is 22.5 Å². The fourth-order valence-electron chi connectivity index (χ4n) is 4.44. The van der Waals surface area contributed by atoms with Crippen LogP contribution in [0, 0.1) is 6.92 Å². The Hall–Kier alpha value is -3.84. The van der Waals surface area contributed by atoms with Gasteiger partial charge in [-0.15, -0.1) is 0 Å². The first kappa shape index (κ1) is 22.0. The van der Waals surface area contributed by atoms with Crippen LogP contribution in [0.15, 0.2) is 77.6 Å². The van der Waals surface area contributed by atoms with E-state index in [4.69, 9.17) is 9.26 Å². The number of hydrogen-bond acceptors (Lipinski definition) is 6. The Morgan fingerprint density at radius 1 is 0.971 bits per heavy atom. The van der Waals surface area contributed by atoms with Crippen molar-refractivity contribution in [1.29, 1.82) is 0 Å². The van der Waals surface area contributed by atoms with E-state index in [-0.39, 0.29) is 11.3 Å². The van der Waals surface area contributed by atoms with Crippen molar-refractivity contribution < 1.29 is 14.1 Å². The zero-order valence-corrected chi connectivity index (χ0v) is 19.0. The van der Waals surface area contributed by atoms with Gasteiger partial charge in [0.15, 0.2) is 0 Å². The van der Waals surface area contributed by atoms with Crippen molar-refractivity contribution in [1.82, 2.24) is 20.4 Å². The molecule has 0 spiro atoms. The number of rotatable bonds is 6. The topological polar surface area (TPSA) is 90.1 Å². The summed E-state index contributed by atoms with van der Waals surface area (Å²) in [5.74, 6) is 0.696. The minimum Gasteiger partial charge on any atom is -0.381 e. The van der Waals surface area contributed by atoms with Gasteiger partial charge in [-0.25, -0.2) is 0 Å². The molecule has 1 aliphatic rings. The van der Waals surface area contributed by atoms with Crippen LogP contribution >= 0.6 is 0 Å². The molecule has 4 aromatic rings. The molecular weight excluding hydrogens is 428 g/mol. The number of carbonyl (C=O) groups excluding carboxylic acids is 1. The number of benzene rings is 2. The number of ether oxygens (including phenoxy) is 1. The summed E-state index contributed by atoms with van der Waals surface area (Å²) in [5, 5.41) is 7.07. The maximum atomic E-state index is 13.1. The van der Waals surface area contributed by atoms with Gasteiger partial charge < -0.3 is 14.6 Å². The number of pyridine rings is 1. The second kappa shape index (κ2) is 9.57. The molecule has 0 atom stereocenters. The smallest absolute Gasteiger partial charge is 0.252 e. The fourth-order valence-corrected chi connectivity index (χ4v) is 4.44. The summed E-state index contributed by atoms with van der Waals surface area (Å²) < 4.78 is 10.7. The van der Waals surface area contributed by atoms with E-state index in [2.05, 4.69) is 56.8 Å². The van der Waals surface area contributed by atoms with Crippen LogP contribution in [0.3, 0.4) is 0 Å². The van der Waals surface area contributed by atoms with Crippen LogP contribution in [-0.4, -0.2) is 40.8 Å². The van der Waals surface area contributed by atoms with Crippen molar-refractivity contribution in [3.63, 3.8) is 0 Å². The van der Waals surface area contributed by atoms with Crippen LogP contribution < -0.4 is 5.32 Å². The van der Waals surface area contributed by atoms with Gasteiger partial charge in [-0.1, -0.05) is 59.8 Å². The molecule has 7 nitrogen and oxygen atoms in total. The molecule has 1 amide bonds. The van der Waals surface area contributed by atoms with Gasteiger partial charge in [0.1, 0.15) is 0 Å². The highest BCUT2D eigenvalue weighted by Gasteiger charge is 2.35. The largest absolute Gasteiger partial charge is 0.381 e. The molecule has 0 radical (unpaired) electrons. The summed E-state index contributed by atoms with van der Waals surface area (Å²) >= 11 is 0. The van der Waals surface area contributed by atoms with Crippen LogP contribution in [0.1, 0.15) is 34.7 Å². The number of nitrogens with one attached hydrogen (secondary N) is 1. The lowest BCUT2D eigenvalue weighted by Crippen LogP contribution is -2.44. The summed E-state index contributed by atoms with van der Waals surface area (Å²) in [4.78, 5) is 21.5. The highest BCUT2D eigenvalue weighted by molar-refractivity contribution is 5.94. The van der Waals surface area contributed by atoms with Crippen LogP contribution in [0.5, 0.6) is 0 Å². The third-order valence-corrected chi connectivity index (χ3v) is 6.41. The average Bonchev–Trinajstić information content (AvgIpc) is 3.35. The van der Waals surface area contributed by atoms with Crippen LogP contribution in [0.2, 0.25) is 0 Å². The van der Waals surface area contributed by atoms with Gasteiger partial charge >= 0.3 is 0 Å². The lowest BCUT2D eigenvalue weighted by Gasteiger charge is -2.38. The monoisotopic (exact) mass is 454 g/mol. The Balaban J connectivity index is 1.38. The van der Waals surface area contributed by atoms with Crippen molar-refractivity contribution in [3.8, 4) is 22.5 Å². The molecule has 1 saturated heterocycles. The lowest BCUT2D eigenvalue weighted by atomic mass is 9.73. The molecule has 0 saturated carbocycles. The fraction of sp³-hybridized carbons (Fsp3) is 0.259. The van der Waals surface area contributed by atoms with Crippen LogP contribution in [-0.2, 0) is 10.2 Å². The Bertz CT molecular complexity index is 1280. The number of aromatic nitrogens is 3. The molecule has 2 aromatic heterocycles. The van der Waals surface area contributed by atoms with E-state index < -0.39 is 0 Å². The average molecular weight is 455 g/mol. The van der Waals surface area contributed by atoms with Gasteiger partial charge in [0, 0.05) is 50.1 Å². The van der Waals surface area contributed by atoms with Gasteiger partial charge in [0.2, 0.25) is 11.7 Å². The normalized spacial score (nSPS) is 15.1. The van der Waals surface area contributed by atoms with Gasteiger partial charge in [0.05, 0.1) is 5.56 Å². The van der Waals surface area contributed by atoms with E-state index in [1.54, 1.807) is 25.4 Å². The van der Waals surface area contributed by atoms with Crippen molar-refractivity contribution in [2.24, 2.45) is 0 Å². The van der Waals surface area contributed by atoms with Gasteiger partial charge in [-0.05, 0) is 35.6 Å². The molecule has 7 heteroatoms. The Kier molecular flexibility index (Phi) is 6.18. The van der Waals surface area contributed by atoms with E-state index in [1.165, 1.54) is 16.7 Å². The van der Waals surface area contributed by atoms with Crippen molar-refractivity contribution in [2.75, 3.05) is 19.8 Å². The SMILES string of the molecule is Cc1nc(-c2cncc(C(=O)NCC3(c4cccc(-c5ccccc5)c4)CCOCC3)c2)no1. The van der Waals surface area contributed by atoms with Crippen molar-refractivity contribution >= 4 is 5.91 Å². The third kappa shape index (κ3) is 4.61. The first-order valence-electron chi connectivity index (χ1n) is 11.4. The second-order valence-electron chi connectivity index (χ2n) is 8.62. The molecule has 172 valence electrons. The molecule has 2 aromatic carbocycles. The maximum absolute atomic E-state index is 13.1. The Morgan fingerprint density at radius 3 is 2.53 bits per heavy atom. The molecule has 34 heavy (non-hydrogen) atoms. The van der Waals surface area contributed by atoms with Gasteiger partial charge in [-0.3, -0.25) is 9.78 Å². The molecular formula is C27H26N4O3. The zero-order valence-electron chi connectivity index (χ0n) is 19.0. The standard InChI is InChI=1S/C27H26N4O3/c1-19-30-25(31-34-19)22-14-23(17-28-16-22)26(32)29-18-27(10-12-33-13-11-27)24-9-5-8-21(15-24)20-6-3-2-4-7-20/h2-9,14-17H,10-13,18H2,1H3,(H,29,32). The first-order chi connectivity index (χ1) is 16.6.